The quantitative estimate of drug-likeness (QED) is 0.846. The van der Waals surface area contributed by atoms with Gasteiger partial charge in [-0.05, 0) is 17.7 Å². The molecule has 0 aromatic carbocycles. The molecule has 1 N–H and O–H groups in total. The number of aromatic nitrogens is 2. The van der Waals surface area contributed by atoms with Crippen LogP contribution in [0.15, 0.2) is 12.3 Å². The second-order valence-corrected chi connectivity index (χ2v) is 6.06. The van der Waals surface area contributed by atoms with Crippen molar-refractivity contribution in [3.8, 4) is 0 Å². The van der Waals surface area contributed by atoms with Crippen molar-refractivity contribution in [1.82, 2.24) is 9.97 Å². The SMILES string of the molecule is Clc1nccc(NCC2CSCCS2)n1. The van der Waals surface area contributed by atoms with Crippen LogP contribution in [0, 0.1) is 0 Å². The predicted molar refractivity (Wildman–Crippen MR) is 69.1 cm³/mol. The normalized spacial score (nSPS) is 21.3. The van der Waals surface area contributed by atoms with E-state index in [0.717, 1.165) is 12.4 Å². The van der Waals surface area contributed by atoms with Gasteiger partial charge in [0.15, 0.2) is 0 Å². The predicted octanol–water partition coefficient (Wildman–Crippen LogP) is 2.39. The Morgan fingerprint density at radius 2 is 2.47 bits per heavy atom. The van der Waals surface area contributed by atoms with Crippen LogP contribution >= 0.6 is 35.1 Å². The highest BCUT2D eigenvalue weighted by Crippen LogP contribution is 2.24. The molecule has 2 rings (SSSR count). The molecule has 0 amide bonds. The van der Waals surface area contributed by atoms with Gasteiger partial charge in [-0.3, -0.25) is 0 Å². The maximum Gasteiger partial charge on any atom is 0.224 e. The Labute approximate surface area is 103 Å². The average Bonchev–Trinajstić information content (AvgIpc) is 2.28. The van der Waals surface area contributed by atoms with Crippen LogP contribution in [0.4, 0.5) is 5.82 Å². The Morgan fingerprint density at radius 1 is 1.53 bits per heavy atom. The minimum atomic E-state index is 0.297. The Balaban J connectivity index is 1.81. The number of rotatable bonds is 3. The van der Waals surface area contributed by atoms with Crippen LogP contribution in [0.1, 0.15) is 0 Å². The molecule has 6 heteroatoms. The van der Waals surface area contributed by atoms with Crippen molar-refractivity contribution in [3.63, 3.8) is 0 Å². The van der Waals surface area contributed by atoms with Gasteiger partial charge in [0.1, 0.15) is 5.82 Å². The molecule has 1 aromatic rings. The van der Waals surface area contributed by atoms with Crippen LogP contribution in [0.3, 0.4) is 0 Å². The Morgan fingerprint density at radius 3 is 3.20 bits per heavy atom. The molecule has 0 bridgehead atoms. The van der Waals surface area contributed by atoms with Gasteiger partial charge in [0.2, 0.25) is 5.28 Å². The van der Waals surface area contributed by atoms with Gasteiger partial charge < -0.3 is 5.32 Å². The maximum atomic E-state index is 5.69. The van der Waals surface area contributed by atoms with Crippen LogP contribution in [0.25, 0.3) is 0 Å². The smallest absolute Gasteiger partial charge is 0.224 e. The van der Waals surface area contributed by atoms with Crippen LogP contribution in [-0.2, 0) is 0 Å². The Kier molecular flexibility index (Phi) is 4.41. The summed E-state index contributed by atoms with van der Waals surface area (Å²) in [6.45, 7) is 0.949. The molecule has 1 aliphatic rings. The summed E-state index contributed by atoms with van der Waals surface area (Å²) in [6.07, 6.45) is 1.67. The minimum absolute atomic E-state index is 0.297. The number of nitrogens with zero attached hydrogens (tertiary/aromatic N) is 2. The van der Waals surface area contributed by atoms with Crippen LogP contribution in [-0.4, -0.2) is 39.0 Å². The molecule has 1 unspecified atom stereocenters. The van der Waals surface area contributed by atoms with E-state index in [1.165, 1.54) is 17.3 Å². The number of nitrogens with one attached hydrogen (secondary N) is 1. The largest absolute Gasteiger partial charge is 0.369 e. The summed E-state index contributed by atoms with van der Waals surface area (Å²) in [5.74, 6) is 4.56. The van der Waals surface area contributed by atoms with E-state index in [9.17, 15) is 0 Å². The fourth-order valence-corrected chi connectivity index (χ4v) is 4.07. The first-order valence-electron chi connectivity index (χ1n) is 4.76. The van der Waals surface area contributed by atoms with Crippen LogP contribution in [0.2, 0.25) is 5.28 Å². The van der Waals surface area contributed by atoms with Crippen LogP contribution < -0.4 is 5.32 Å². The summed E-state index contributed by atoms with van der Waals surface area (Å²) >= 11 is 9.74. The van der Waals surface area contributed by atoms with E-state index < -0.39 is 0 Å². The van der Waals surface area contributed by atoms with E-state index >= 15 is 0 Å². The molecule has 82 valence electrons. The molecule has 1 saturated heterocycles. The van der Waals surface area contributed by atoms with Crippen molar-refractivity contribution < 1.29 is 0 Å². The van der Waals surface area contributed by atoms with Gasteiger partial charge in [0, 0.05) is 35.3 Å². The standard InChI is InChI=1S/C9H12ClN3S2/c10-9-11-2-1-8(13-9)12-5-7-6-14-3-4-15-7/h1-2,7H,3-6H2,(H,11,12,13). The van der Waals surface area contributed by atoms with Gasteiger partial charge in [-0.15, -0.1) is 0 Å². The highest BCUT2D eigenvalue weighted by atomic mass is 35.5. The number of thioether (sulfide) groups is 2. The van der Waals surface area contributed by atoms with Crippen molar-refractivity contribution in [2.75, 3.05) is 29.1 Å². The Bertz CT molecular complexity index is 318. The number of anilines is 1. The summed E-state index contributed by atoms with van der Waals surface area (Å²) in [5, 5.41) is 4.26. The van der Waals surface area contributed by atoms with Crippen LogP contribution in [0.5, 0.6) is 0 Å². The summed E-state index contributed by atoms with van der Waals surface area (Å²) in [4.78, 5) is 7.92. The second kappa shape index (κ2) is 5.82. The van der Waals surface area contributed by atoms with Gasteiger partial charge in [-0.2, -0.15) is 23.5 Å². The molecule has 1 fully saturated rings. The lowest BCUT2D eigenvalue weighted by atomic mass is 10.4. The topological polar surface area (TPSA) is 37.8 Å². The third kappa shape index (κ3) is 3.74. The lowest BCUT2D eigenvalue weighted by Gasteiger charge is -2.21. The summed E-state index contributed by atoms with van der Waals surface area (Å²) < 4.78 is 0. The van der Waals surface area contributed by atoms with E-state index in [0.29, 0.717) is 10.5 Å². The van der Waals surface area contributed by atoms with Crippen molar-refractivity contribution in [3.05, 3.63) is 17.5 Å². The van der Waals surface area contributed by atoms with Crippen molar-refractivity contribution in [2.45, 2.75) is 5.25 Å². The van der Waals surface area contributed by atoms with Gasteiger partial charge in [0.25, 0.3) is 0 Å². The zero-order valence-electron chi connectivity index (χ0n) is 8.15. The fraction of sp³-hybridized carbons (Fsp3) is 0.556. The molecule has 2 heterocycles. The van der Waals surface area contributed by atoms with Gasteiger partial charge in [-0.25, -0.2) is 9.97 Å². The minimum Gasteiger partial charge on any atom is -0.369 e. The first kappa shape index (κ1) is 11.4. The number of halogens is 1. The molecule has 1 aromatic heterocycles. The molecule has 0 saturated carbocycles. The van der Waals surface area contributed by atoms with Gasteiger partial charge in [0.05, 0.1) is 0 Å². The molecule has 3 nitrogen and oxygen atoms in total. The molecule has 0 radical (unpaired) electrons. The zero-order chi connectivity index (χ0) is 10.5. The van der Waals surface area contributed by atoms with E-state index in [-0.39, 0.29) is 0 Å². The monoisotopic (exact) mass is 261 g/mol. The van der Waals surface area contributed by atoms with Crippen molar-refractivity contribution in [2.24, 2.45) is 0 Å². The fourth-order valence-electron chi connectivity index (χ4n) is 1.31. The maximum absolute atomic E-state index is 5.69. The first-order chi connectivity index (χ1) is 7.34. The average molecular weight is 262 g/mol. The highest BCUT2D eigenvalue weighted by molar-refractivity contribution is 8.06. The van der Waals surface area contributed by atoms with Gasteiger partial charge >= 0.3 is 0 Å². The third-order valence-corrected chi connectivity index (χ3v) is 5.05. The first-order valence-corrected chi connectivity index (χ1v) is 7.34. The lowest BCUT2D eigenvalue weighted by Crippen LogP contribution is -2.23. The van der Waals surface area contributed by atoms with E-state index in [1.54, 1.807) is 6.20 Å². The summed E-state index contributed by atoms with van der Waals surface area (Å²) in [7, 11) is 0. The highest BCUT2D eigenvalue weighted by Gasteiger charge is 2.13. The van der Waals surface area contributed by atoms with Crippen molar-refractivity contribution in [1.29, 1.82) is 0 Å². The number of hydrogen-bond acceptors (Lipinski definition) is 5. The summed E-state index contributed by atoms with van der Waals surface area (Å²) in [6, 6.07) is 1.84. The molecular formula is C9H12ClN3S2. The molecule has 1 aliphatic heterocycles. The third-order valence-electron chi connectivity index (χ3n) is 2.02. The number of hydrogen-bond donors (Lipinski definition) is 1. The van der Waals surface area contributed by atoms with E-state index in [2.05, 4.69) is 15.3 Å². The summed E-state index contributed by atoms with van der Waals surface area (Å²) in [5.41, 5.74) is 0. The molecule has 1 atom stereocenters. The molecular weight excluding hydrogens is 250 g/mol. The second-order valence-electron chi connectivity index (χ2n) is 3.16. The molecule has 0 spiro atoms. The van der Waals surface area contributed by atoms with E-state index in [4.69, 9.17) is 11.6 Å². The Hall–Kier alpha value is -0.130. The lowest BCUT2D eigenvalue weighted by molar-refractivity contribution is 0.987. The van der Waals surface area contributed by atoms with Crippen molar-refractivity contribution >= 4 is 40.9 Å². The molecule has 0 aliphatic carbocycles. The molecule has 15 heavy (non-hydrogen) atoms. The zero-order valence-corrected chi connectivity index (χ0v) is 10.5. The van der Waals surface area contributed by atoms with Gasteiger partial charge in [-0.1, -0.05) is 0 Å². The van der Waals surface area contributed by atoms with E-state index in [1.807, 2.05) is 29.6 Å².